The summed E-state index contributed by atoms with van der Waals surface area (Å²) in [5.41, 5.74) is 3.42. The lowest BCUT2D eigenvalue weighted by Gasteiger charge is -2.18. The van der Waals surface area contributed by atoms with Gasteiger partial charge in [0, 0.05) is 12.0 Å². The Morgan fingerprint density at radius 2 is 1.64 bits per heavy atom. The predicted octanol–water partition coefficient (Wildman–Crippen LogP) is 5.10. The van der Waals surface area contributed by atoms with E-state index in [9.17, 15) is 9.59 Å². The summed E-state index contributed by atoms with van der Waals surface area (Å²) < 4.78 is 0. The van der Waals surface area contributed by atoms with E-state index in [1.54, 1.807) is 25.1 Å². The Morgan fingerprint density at radius 3 is 2.20 bits per heavy atom. The first-order valence-corrected chi connectivity index (χ1v) is 8.90. The molecule has 0 saturated heterocycles. The van der Waals surface area contributed by atoms with Crippen LogP contribution in [0.4, 0.5) is 0 Å². The quantitative estimate of drug-likeness (QED) is 0.682. The Morgan fingerprint density at radius 1 is 1.00 bits per heavy atom. The molecule has 0 bridgehead atoms. The average Bonchev–Trinajstić information content (AvgIpc) is 2.56. The van der Waals surface area contributed by atoms with Gasteiger partial charge in [0.15, 0.2) is 11.6 Å². The number of benzene rings is 2. The molecule has 0 radical (unpaired) electrons. The maximum Gasteiger partial charge on any atom is 0.176 e. The summed E-state index contributed by atoms with van der Waals surface area (Å²) in [7, 11) is 0. The number of halogens is 2. The Balaban J connectivity index is 2.18. The van der Waals surface area contributed by atoms with E-state index in [0.29, 0.717) is 27.6 Å². The predicted molar refractivity (Wildman–Crippen MR) is 103 cm³/mol. The molecule has 0 aliphatic carbocycles. The minimum atomic E-state index is -0.588. The molecule has 2 rings (SSSR count). The molecule has 0 amide bonds. The summed E-state index contributed by atoms with van der Waals surface area (Å²) in [6.45, 7) is 5.77. The van der Waals surface area contributed by atoms with Crippen LogP contribution >= 0.6 is 23.2 Å². The Hall–Kier alpha value is -1.68. The summed E-state index contributed by atoms with van der Waals surface area (Å²) in [6, 6.07) is 10.2. The molecule has 2 aromatic carbocycles. The number of Topliss-reactive ketones (excluding diaryl/α,β-unsaturated/α-hetero) is 2. The molecule has 1 N–H and O–H groups in total. The average molecular weight is 378 g/mol. The van der Waals surface area contributed by atoms with Gasteiger partial charge in [0.05, 0.1) is 22.6 Å². The topological polar surface area (TPSA) is 46.2 Å². The van der Waals surface area contributed by atoms with Crippen molar-refractivity contribution >= 4 is 34.8 Å². The second-order valence-corrected chi connectivity index (χ2v) is 6.92. The molecule has 2 aromatic rings. The maximum absolute atomic E-state index is 12.5. The number of nitrogens with one attached hydrogen (secondary N) is 1. The van der Waals surface area contributed by atoms with Crippen molar-refractivity contribution in [2.24, 2.45) is 0 Å². The van der Waals surface area contributed by atoms with Gasteiger partial charge in [-0.1, -0.05) is 53.4 Å². The summed E-state index contributed by atoms with van der Waals surface area (Å²) in [5.74, 6) is -0.0626. The summed E-state index contributed by atoms with van der Waals surface area (Å²) in [4.78, 5) is 24.8. The van der Waals surface area contributed by atoms with Gasteiger partial charge in [-0.2, -0.15) is 0 Å². The normalized spacial score (nSPS) is 12.0. The number of hydrogen-bond acceptors (Lipinski definition) is 3. The zero-order valence-electron chi connectivity index (χ0n) is 14.5. The van der Waals surface area contributed by atoms with Gasteiger partial charge in [0.2, 0.25) is 0 Å². The van der Waals surface area contributed by atoms with Crippen LogP contribution in [0.15, 0.2) is 36.4 Å². The molecule has 0 spiro atoms. The van der Waals surface area contributed by atoms with Gasteiger partial charge in [-0.25, -0.2) is 0 Å². The molecule has 132 valence electrons. The van der Waals surface area contributed by atoms with Gasteiger partial charge >= 0.3 is 0 Å². The second kappa shape index (κ2) is 8.61. The highest BCUT2D eigenvalue weighted by molar-refractivity contribution is 6.42. The molecule has 0 aliphatic heterocycles. The lowest BCUT2D eigenvalue weighted by atomic mass is 10.00. The van der Waals surface area contributed by atoms with E-state index < -0.39 is 6.04 Å². The van der Waals surface area contributed by atoms with Crippen molar-refractivity contribution < 1.29 is 9.59 Å². The molecule has 0 fully saturated rings. The van der Waals surface area contributed by atoms with Gasteiger partial charge in [-0.05, 0) is 43.7 Å². The molecule has 0 aromatic heterocycles. The Labute approximate surface area is 158 Å². The first-order valence-electron chi connectivity index (χ1n) is 8.14. The molecule has 5 heteroatoms. The molecule has 1 atom stereocenters. The molecule has 0 saturated carbocycles. The van der Waals surface area contributed by atoms with E-state index >= 15 is 0 Å². The van der Waals surface area contributed by atoms with Crippen LogP contribution in [-0.4, -0.2) is 18.1 Å². The third-order valence-electron chi connectivity index (χ3n) is 3.96. The Bertz CT molecular complexity index is 782. The zero-order valence-corrected chi connectivity index (χ0v) is 16.0. The fourth-order valence-electron chi connectivity index (χ4n) is 2.75. The molecule has 25 heavy (non-hydrogen) atoms. The summed E-state index contributed by atoms with van der Waals surface area (Å²) >= 11 is 12.0. The van der Waals surface area contributed by atoms with E-state index in [4.69, 9.17) is 23.2 Å². The zero-order chi connectivity index (χ0) is 18.6. The smallest absolute Gasteiger partial charge is 0.176 e. The largest absolute Gasteiger partial charge is 0.298 e. The highest BCUT2D eigenvalue weighted by Crippen LogP contribution is 2.26. The van der Waals surface area contributed by atoms with E-state index in [0.717, 1.165) is 11.1 Å². The van der Waals surface area contributed by atoms with Gasteiger partial charge in [0.25, 0.3) is 0 Å². The van der Waals surface area contributed by atoms with E-state index in [2.05, 4.69) is 5.32 Å². The van der Waals surface area contributed by atoms with Crippen LogP contribution in [0.3, 0.4) is 0 Å². The number of hydrogen-bond donors (Lipinski definition) is 1. The molecule has 0 aliphatic rings. The fourth-order valence-corrected chi connectivity index (χ4v) is 3.05. The van der Waals surface area contributed by atoms with Gasteiger partial charge in [-0.3, -0.25) is 14.9 Å². The maximum atomic E-state index is 12.5. The van der Waals surface area contributed by atoms with Crippen LogP contribution in [0, 0.1) is 13.8 Å². The van der Waals surface area contributed by atoms with Crippen molar-refractivity contribution in [1.82, 2.24) is 5.32 Å². The van der Waals surface area contributed by atoms with Crippen LogP contribution in [0.25, 0.3) is 0 Å². The lowest BCUT2D eigenvalue weighted by molar-refractivity contribution is -0.120. The van der Waals surface area contributed by atoms with E-state index in [-0.39, 0.29) is 18.1 Å². The van der Waals surface area contributed by atoms with Gasteiger partial charge < -0.3 is 0 Å². The number of carbonyl (C=O) groups is 2. The van der Waals surface area contributed by atoms with Crippen molar-refractivity contribution in [3.8, 4) is 0 Å². The van der Waals surface area contributed by atoms with Crippen LogP contribution in [0.5, 0.6) is 0 Å². The van der Waals surface area contributed by atoms with Crippen molar-refractivity contribution in [2.75, 3.05) is 6.54 Å². The number of rotatable bonds is 7. The monoisotopic (exact) mass is 377 g/mol. The van der Waals surface area contributed by atoms with Crippen LogP contribution in [0.2, 0.25) is 10.0 Å². The number of aryl methyl sites for hydroxylation is 2. The lowest BCUT2D eigenvalue weighted by Crippen LogP contribution is -2.32. The van der Waals surface area contributed by atoms with Crippen molar-refractivity contribution in [3.05, 3.63) is 68.7 Å². The summed E-state index contributed by atoms with van der Waals surface area (Å²) in [5, 5.41) is 3.88. The van der Waals surface area contributed by atoms with Crippen LogP contribution in [0.1, 0.15) is 46.4 Å². The fraction of sp³-hybridized carbons (Fsp3) is 0.300. The SMILES string of the molecule is CCC(=O)C(NCC(=O)c1cc(C)cc(C)c1)c1ccc(Cl)c(Cl)c1. The minimum Gasteiger partial charge on any atom is -0.298 e. The van der Waals surface area contributed by atoms with Crippen molar-refractivity contribution in [2.45, 2.75) is 33.2 Å². The Kier molecular flexibility index (Phi) is 6.77. The van der Waals surface area contributed by atoms with Crippen LogP contribution < -0.4 is 5.32 Å². The van der Waals surface area contributed by atoms with Crippen molar-refractivity contribution in [1.29, 1.82) is 0 Å². The number of carbonyl (C=O) groups excluding carboxylic acids is 2. The first-order chi connectivity index (χ1) is 11.8. The second-order valence-electron chi connectivity index (χ2n) is 6.11. The van der Waals surface area contributed by atoms with Crippen molar-refractivity contribution in [3.63, 3.8) is 0 Å². The highest BCUT2D eigenvalue weighted by atomic mass is 35.5. The molecular formula is C20H21Cl2NO2. The third-order valence-corrected chi connectivity index (χ3v) is 4.70. The molecule has 1 unspecified atom stereocenters. The standard InChI is InChI=1S/C20H21Cl2NO2/c1-4-18(24)20(14-5-6-16(21)17(22)10-14)23-11-19(25)15-8-12(2)7-13(3)9-15/h5-10,20,23H,4,11H2,1-3H3. The van der Waals surface area contributed by atoms with Gasteiger partial charge in [-0.15, -0.1) is 0 Å². The minimum absolute atomic E-state index is 0.00777. The van der Waals surface area contributed by atoms with E-state index in [1.807, 2.05) is 32.0 Å². The van der Waals surface area contributed by atoms with Gasteiger partial charge in [0.1, 0.15) is 0 Å². The molecule has 3 nitrogen and oxygen atoms in total. The number of ketones is 2. The third kappa shape index (κ3) is 5.15. The first kappa shape index (κ1) is 19.6. The van der Waals surface area contributed by atoms with Crippen LogP contribution in [-0.2, 0) is 4.79 Å². The highest BCUT2D eigenvalue weighted by Gasteiger charge is 2.21. The molecular weight excluding hydrogens is 357 g/mol. The molecule has 0 heterocycles. The van der Waals surface area contributed by atoms with E-state index in [1.165, 1.54) is 0 Å². The summed E-state index contributed by atoms with van der Waals surface area (Å²) in [6.07, 6.45) is 0.357.